The van der Waals surface area contributed by atoms with Crippen LogP contribution in [0.4, 0.5) is 17.5 Å². The number of nitrogens with one attached hydrogen (secondary N) is 2. The molecule has 0 spiro atoms. The van der Waals surface area contributed by atoms with Gasteiger partial charge < -0.3 is 29.9 Å². The van der Waals surface area contributed by atoms with Crippen molar-refractivity contribution in [2.45, 2.75) is 84.0 Å². The van der Waals surface area contributed by atoms with E-state index >= 15 is 0 Å². The van der Waals surface area contributed by atoms with E-state index in [0.717, 1.165) is 69.2 Å². The molecule has 1 aliphatic rings. The molecule has 2 aromatic rings. The fraction of sp³-hybridized carbons (Fsp3) is 0.667. The number of methoxy groups -OCH3 is 1. The number of esters is 1. The number of anilines is 3. The number of rotatable bonds is 15. The van der Waals surface area contributed by atoms with E-state index in [2.05, 4.69) is 44.6 Å². The molecule has 222 valence electrons. The third kappa shape index (κ3) is 10.5. The molecule has 40 heavy (non-hydrogen) atoms. The molecule has 10 heteroatoms. The summed E-state index contributed by atoms with van der Waals surface area (Å²) in [6.45, 7) is 11.2. The second-order valence-electron chi connectivity index (χ2n) is 11.8. The smallest absolute Gasteiger partial charge is 0.329 e. The van der Waals surface area contributed by atoms with E-state index in [1.807, 2.05) is 45.8 Å². The molecule has 0 aliphatic carbocycles. The third-order valence-electron chi connectivity index (χ3n) is 6.89. The molecule has 3 rings (SSSR count). The lowest BCUT2D eigenvalue weighted by Gasteiger charge is -2.29. The monoisotopic (exact) mass is 555 g/mol. The van der Waals surface area contributed by atoms with Crippen molar-refractivity contribution in [2.75, 3.05) is 62.9 Å². The molecular formula is C30H49N7O3. The first-order chi connectivity index (χ1) is 19.0. The van der Waals surface area contributed by atoms with E-state index in [9.17, 15) is 4.79 Å². The Morgan fingerprint density at radius 2 is 1.98 bits per heavy atom. The zero-order valence-corrected chi connectivity index (χ0v) is 25.5. The number of hydrogen-bond acceptors (Lipinski definition) is 10. The normalized spacial score (nSPS) is 14.7. The maximum Gasteiger partial charge on any atom is 0.329 e. The first-order valence-corrected chi connectivity index (χ1v) is 14.5. The van der Waals surface area contributed by atoms with Gasteiger partial charge in [0.15, 0.2) is 0 Å². The van der Waals surface area contributed by atoms with Gasteiger partial charge in [0.25, 0.3) is 0 Å². The van der Waals surface area contributed by atoms with Crippen molar-refractivity contribution in [2.24, 2.45) is 0 Å². The van der Waals surface area contributed by atoms with Crippen LogP contribution in [0.5, 0.6) is 0 Å². The topological polar surface area (TPSA) is 105 Å². The van der Waals surface area contributed by atoms with Crippen LogP contribution in [0.2, 0.25) is 0 Å². The van der Waals surface area contributed by atoms with Crippen LogP contribution in [0.25, 0.3) is 0 Å². The minimum Gasteiger partial charge on any atom is -0.458 e. The molecule has 0 saturated heterocycles. The molecule has 2 N–H and O–H groups in total. The zero-order valence-electron chi connectivity index (χ0n) is 25.5. The van der Waals surface area contributed by atoms with E-state index < -0.39 is 11.6 Å². The second kappa shape index (κ2) is 15.1. The summed E-state index contributed by atoms with van der Waals surface area (Å²) >= 11 is 0. The standard InChI is InChI=1S/C30H49N7O3/c1-22(39-7)20-37(17-9-8-12-24-14-13-23-11-10-16-31-28(23)34-24)18-15-25(29(38)40-30(2,3)4)35-26-19-27(36(5)6)33-21-32-26/h13-14,19,21-22,25H,8-12,15-18,20H2,1-7H3,(H,31,34)(H,32,33,35). The van der Waals surface area contributed by atoms with Crippen LogP contribution in [-0.2, 0) is 27.1 Å². The van der Waals surface area contributed by atoms with E-state index in [-0.39, 0.29) is 12.1 Å². The first-order valence-electron chi connectivity index (χ1n) is 14.5. The molecule has 0 amide bonds. The van der Waals surface area contributed by atoms with Gasteiger partial charge in [0, 0.05) is 52.6 Å². The number of unbranched alkanes of at least 4 members (excludes halogenated alkanes) is 1. The summed E-state index contributed by atoms with van der Waals surface area (Å²) in [5.41, 5.74) is 1.88. The van der Waals surface area contributed by atoms with Gasteiger partial charge in [0.05, 0.1) is 6.10 Å². The molecule has 0 saturated carbocycles. The highest BCUT2D eigenvalue weighted by atomic mass is 16.6. The van der Waals surface area contributed by atoms with E-state index in [4.69, 9.17) is 14.5 Å². The van der Waals surface area contributed by atoms with Gasteiger partial charge in [-0.25, -0.2) is 19.7 Å². The minimum atomic E-state index is -0.581. The minimum absolute atomic E-state index is 0.0887. The lowest BCUT2D eigenvalue weighted by atomic mass is 10.1. The summed E-state index contributed by atoms with van der Waals surface area (Å²) < 4.78 is 11.3. The molecule has 3 heterocycles. The van der Waals surface area contributed by atoms with E-state index in [1.54, 1.807) is 7.11 Å². The number of nitrogens with zero attached hydrogens (tertiary/aromatic N) is 5. The quantitative estimate of drug-likeness (QED) is 0.246. The fourth-order valence-electron chi connectivity index (χ4n) is 4.66. The summed E-state index contributed by atoms with van der Waals surface area (Å²) in [4.78, 5) is 30.9. The van der Waals surface area contributed by atoms with Gasteiger partial charge in [-0.05, 0) is 84.4 Å². The Hall–Kier alpha value is -2.98. The maximum absolute atomic E-state index is 13.2. The predicted octanol–water partition coefficient (Wildman–Crippen LogP) is 4.17. The van der Waals surface area contributed by atoms with Crippen molar-refractivity contribution in [1.82, 2.24) is 19.9 Å². The number of carbonyl (C=O) groups is 1. The molecule has 0 fully saturated rings. The summed E-state index contributed by atoms with van der Waals surface area (Å²) in [6, 6.07) is 5.69. The van der Waals surface area contributed by atoms with Crippen LogP contribution in [0.15, 0.2) is 24.5 Å². The van der Waals surface area contributed by atoms with Crippen LogP contribution >= 0.6 is 0 Å². The molecule has 0 radical (unpaired) electrons. The van der Waals surface area contributed by atoms with Crippen molar-refractivity contribution in [3.63, 3.8) is 0 Å². The molecule has 2 unspecified atom stereocenters. The number of pyridine rings is 1. The Bertz CT molecular complexity index is 1070. The fourth-order valence-corrected chi connectivity index (χ4v) is 4.66. The number of aryl methyl sites for hydroxylation is 2. The van der Waals surface area contributed by atoms with E-state index in [0.29, 0.717) is 12.2 Å². The summed E-state index contributed by atoms with van der Waals surface area (Å²) in [7, 11) is 5.58. The summed E-state index contributed by atoms with van der Waals surface area (Å²) in [6.07, 6.45) is 7.48. The lowest BCUT2D eigenvalue weighted by molar-refractivity contribution is -0.156. The molecule has 2 aromatic heterocycles. The average Bonchev–Trinajstić information content (AvgIpc) is 2.91. The highest BCUT2D eigenvalue weighted by Crippen LogP contribution is 2.21. The van der Waals surface area contributed by atoms with Gasteiger partial charge in [0.1, 0.15) is 35.4 Å². The van der Waals surface area contributed by atoms with Crippen molar-refractivity contribution in [1.29, 1.82) is 0 Å². The highest BCUT2D eigenvalue weighted by molar-refractivity contribution is 5.79. The molecule has 10 nitrogen and oxygen atoms in total. The van der Waals surface area contributed by atoms with Crippen molar-refractivity contribution in [3.8, 4) is 0 Å². The van der Waals surface area contributed by atoms with Crippen molar-refractivity contribution < 1.29 is 14.3 Å². The highest BCUT2D eigenvalue weighted by Gasteiger charge is 2.26. The maximum atomic E-state index is 13.2. The Labute approximate surface area is 240 Å². The van der Waals surface area contributed by atoms with Gasteiger partial charge in [-0.15, -0.1) is 0 Å². The number of carbonyl (C=O) groups excluding carboxylic acids is 1. The molecule has 0 aromatic carbocycles. The van der Waals surface area contributed by atoms with Crippen LogP contribution in [0.1, 0.15) is 64.6 Å². The average molecular weight is 556 g/mol. The van der Waals surface area contributed by atoms with Crippen molar-refractivity contribution in [3.05, 3.63) is 35.8 Å². The Kier molecular flexibility index (Phi) is 11.9. The van der Waals surface area contributed by atoms with Crippen LogP contribution in [0, 0.1) is 0 Å². The number of hydrogen-bond donors (Lipinski definition) is 2. The molecular weight excluding hydrogens is 506 g/mol. The summed E-state index contributed by atoms with van der Waals surface area (Å²) in [5, 5.41) is 6.74. The van der Waals surface area contributed by atoms with Gasteiger partial charge in [-0.2, -0.15) is 0 Å². The first kappa shape index (κ1) is 31.5. The largest absolute Gasteiger partial charge is 0.458 e. The van der Waals surface area contributed by atoms with Crippen LogP contribution in [0.3, 0.4) is 0 Å². The SMILES string of the molecule is COC(C)CN(CCCCc1ccc2c(n1)NCCC2)CCC(Nc1cc(N(C)C)ncn1)C(=O)OC(C)(C)C. The third-order valence-corrected chi connectivity index (χ3v) is 6.89. The lowest BCUT2D eigenvalue weighted by Crippen LogP contribution is -2.41. The molecule has 0 bridgehead atoms. The number of aromatic nitrogens is 3. The van der Waals surface area contributed by atoms with Gasteiger partial charge in [0.2, 0.25) is 0 Å². The van der Waals surface area contributed by atoms with Gasteiger partial charge >= 0.3 is 5.97 Å². The van der Waals surface area contributed by atoms with E-state index in [1.165, 1.54) is 18.3 Å². The Morgan fingerprint density at radius 3 is 2.70 bits per heavy atom. The van der Waals surface area contributed by atoms with Gasteiger partial charge in [-0.1, -0.05) is 6.07 Å². The van der Waals surface area contributed by atoms with Crippen molar-refractivity contribution >= 4 is 23.4 Å². The predicted molar refractivity (Wildman–Crippen MR) is 161 cm³/mol. The van der Waals surface area contributed by atoms with Crippen LogP contribution in [-0.4, -0.2) is 91.0 Å². The molecule has 2 atom stereocenters. The van der Waals surface area contributed by atoms with Crippen LogP contribution < -0.4 is 15.5 Å². The Balaban J connectivity index is 1.61. The Morgan fingerprint density at radius 1 is 1.18 bits per heavy atom. The zero-order chi connectivity index (χ0) is 29.1. The number of ether oxygens (including phenoxy) is 2. The van der Waals surface area contributed by atoms with Gasteiger partial charge in [-0.3, -0.25) is 0 Å². The number of fused-ring (bicyclic) bond motifs is 1. The second-order valence-corrected chi connectivity index (χ2v) is 11.8. The summed E-state index contributed by atoms with van der Waals surface area (Å²) in [5.74, 6) is 2.13. The molecule has 1 aliphatic heterocycles.